The smallest absolute Gasteiger partial charge is 0.252 e. The molecule has 2 aliphatic heterocycles. The molecule has 0 aliphatic carbocycles. The Morgan fingerprint density at radius 1 is 1.26 bits per heavy atom. The summed E-state index contributed by atoms with van der Waals surface area (Å²) >= 11 is 0. The maximum atomic E-state index is 11.8. The number of aromatic nitrogens is 1. The fourth-order valence-electron chi connectivity index (χ4n) is 4.44. The molecule has 0 saturated carbocycles. The molecule has 3 atom stereocenters. The number of amides is 1. The Kier molecular flexibility index (Phi) is 5.09. The van der Waals surface area contributed by atoms with Crippen LogP contribution in [0.4, 0.5) is 5.82 Å². The molecule has 4 N–H and O–H groups in total. The number of piperidine rings is 1. The Bertz CT molecular complexity index is 806. The van der Waals surface area contributed by atoms with E-state index in [1.807, 2.05) is 0 Å². The van der Waals surface area contributed by atoms with Crippen molar-refractivity contribution >= 4 is 11.7 Å². The molecule has 0 spiro atoms. The molecular weight excluding hydrogens is 338 g/mol. The molecule has 1 amide bonds. The lowest BCUT2D eigenvalue weighted by Gasteiger charge is -2.38. The van der Waals surface area contributed by atoms with E-state index in [0.29, 0.717) is 29.3 Å². The highest BCUT2D eigenvalue weighted by Gasteiger charge is 2.37. The number of primary amides is 1. The molecule has 1 aromatic heterocycles. The Labute approximate surface area is 160 Å². The Morgan fingerprint density at radius 2 is 2.07 bits per heavy atom. The summed E-state index contributed by atoms with van der Waals surface area (Å²) in [7, 11) is 0. The summed E-state index contributed by atoms with van der Waals surface area (Å²) in [6.45, 7) is 4.83. The maximum absolute atomic E-state index is 11.8. The number of anilines is 1. The molecule has 2 saturated heterocycles. The number of carbonyl (C=O) groups is 1. The molecule has 2 aliphatic rings. The highest BCUT2D eigenvalue weighted by Crippen LogP contribution is 2.33. The standard InChI is InChI=1S/C21H27N5O/c1-14-6-8-15(9-7-14)18-12-24-25-19(18)16-4-3-11-26(13-16)21-17(20(22)27)5-2-10-23-21/h2,5-10,16,18-19,24-25H,3-4,11-13H2,1H3,(H2,22,27). The second-order valence-electron chi connectivity index (χ2n) is 7.66. The van der Waals surface area contributed by atoms with Gasteiger partial charge in [-0.1, -0.05) is 29.8 Å². The van der Waals surface area contributed by atoms with Crippen LogP contribution in [0.1, 0.15) is 40.2 Å². The van der Waals surface area contributed by atoms with Crippen LogP contribution in [-0.2, 0) is 0 Å². The average molecular weight is 365 g/mol. The number of pyridine rings is 1. The van der Waals surface area contributed by atoms with Gasteiger partial charge in [0.05, 0.1) is 5.56 Å². The lowest BCUT2D eigenvalue weighted by molar-refractivity contribution is 0.1000. The zero-order valence-electron chi connectivity index (χ0n) is 15.7. The third-order valence-electron chi connectivity index (χ3n) is 5.85. The predicted octanol–water partition coefficient (Wildman–Crippen LogP) is 1.97. The van der Waals surface area contributed by atoms with Gasteiger partial charge >= 0.3 is 0 Å². The topological polar surface area (TPSA) is 83.3 Å². The van der Waals surface area contributed by atoms with Crippen LogP contribution in [0.2, 0.25) is 0 Å². The summed E-state index contributed by atoms with van der Waals surface area (Å²) in [5, 5.41) is 0. The van der Waals surface area contributed by atoms with Gasteiger partial charge in [0.2, 0.25) is 0 Å². The average Bonchev–Trinajstić information content (AvgIpc) is 3.18. The van der Waals surface area contributed by atoms with Gasteiger partial charge in [-0.25, -0.2) is 4.98 Å². The van der Waals surface area contributed by atoms with Crippen molar-refractivity contribution in [3.05, 3.63) is 59.3 Å². The number of benzene rings is 1. The molecular formula is C21H27N5O. The molecule has 3 unspecified atom stereocenters. The van der Waals surface area contributed by atoms with Crippen LogP contribution < -0.4 is 21.5 Å². The first kappa shape index (κ1) is 17.9. The first-order valence-electron chi connectivity index (χ1n) is 9.68. The first-order chi connectivity index (χ1) is 13.1. The van der Waals surface area contributed by atoms with E-state index in [9.17, 15) is 4.79 Å². The van der Waals surface area contributed by atoms with Crippen LogP contribution in [0.25, 0.3) is 0 Å². The first-order valence-corrected chi connectivity index (χ1v) is 9.68. The second-order valence-corrected chi connectivity index (χ2v) is 7.66. The van der Waals surface area contributed by atoms with Crippen LogP contribution in [0.3, 0.4) is 0 Å². The van der Waals surface area contributed by atoms with Gasteiger partial charge in [0, 0.05) is 37.8 Å². The van der Waals surface area contributed by atoms with E-state index in [4.69, 9.17) is 5.73 Å². The summed E-state index contributed by atoms with van der Waals surface area (Å²) in [4.78, 5) is 18.5. The third kappa shape index (κ3) is 3.68. The van der Waals surface area contributed by atoms with E-state index in [-0.39, 0.29) is 0 Å². The van der Waals surface area contributed by atoms with Crippen LogP contribution in [0.15, 0.2) is 42.6 Å². The largest absolute Gasteiger partial charge is 0.365 e. The van der Waals surface area contributed by atoms with Gasteiger partial charge < -0.3 is 10.6 Å². The lowest BCUT2D eigenvalue weighted by Crippen LogP contribution is -2.47. The summed E-state index contributed by atoms with van der Waals surface area (Å²) in [6, 6.07) is 12.7. The molecule has 2 fully saturated rings. The molecule has 0 radical (unpaired) electrons. The molecule has 27 heavy (non-hydrogen) atoms. The van der Waals surface area contributed by atoms with Gasteiger partial charge in [0.25, 0.3) is 5.91 Å². The number of hydrogen-bond acceptors (Lipinski definition) is 5. The molecule has 6 heteroatoms. The Hall–Kier alpha value is -2.44. The SMILES string of the molecule is Cc1ccc(C2CNNC2C2CCCN(c3ncccc3C(N)=O)C2)cc1. The van der Waals surface area contributed by atoms with Crippen molar-refractivity contribution in [2.75, 3.05) is 24.5 Å². The van der Waals surface area contributed by atoms with Crippen LogP contribution >= 0.6 is 0 Å². The van der Waals surface area contributed by atoms with E-state index in [1.165, 1.54) is 11.1 Å². The van der Waals surface area contributed by atoms with Crippen molar-refractivity contribution in [2.24, 2.45) is 11.7 Å². The van der Waals surface area contributed by atoms with Crippen molar-refractivity contribution in [1.82, 2.24) is 15.8 Å². The van der Waals surface area contributed by atoms with Crippen molar-refractivity contribution in [3.8, 4) is 0 Å². The number of rotatable bonds is 4. The van der Waals surface area contributed by atoms with Crippen LogP contribution in [-0.4, -0.2) is 36.6 Å². The molecule has 3 heterocycles. The van der Waals surface area contributed by atoms with E-state index in [1.54, 1.807) is 18.3 Å². The van der Waals surface area contributed by atoms with E-state index >= 15 is 0 Å². The van der Waals surface area contributed by atoms with Crippen molar-refractivity contribution < 1.29 is 4.79 Å². The van der Waals surface area contributed by atoms with Crippen LogP contribution in [0, 0.1) is 12.8 Å². The van der Waals surface area contributed by atoms with E-state index in [2.05, 4.69) is 51.9 Å². The Balaban J connectivity index is 1.54. The highest BCUT2D eigenvalue weighted by atomic mass is 16.1. The van der Waals surface area contributed by atoms with Gasteiger partial charge in [0.1, 0.15) is 5.82 Å². The fourth-order valence-corrected chi connectivity index (χ4v) is 4.44. The normalized spacial score (nSPS) is 25.5. The number of nitrogens with one attached hydrogen (secondary N) is 2. The van der Waals surface area contributed by atoms with E-state index in [0.717, 1.165) is 32.5 Å². The number of aryl methyl sites for hydroxylation is 1. The number of nitrogens with two attached hydrogens (primary N) is 1. The minimum absolute atomic E-state index is 0.358. The number of hydrazine groups is 1. The number of hydrogen-bond donors (Lipinski definition) is 3. The van der Waals surface area contributed by atoms with Crippen molar-refractivity contribution in [2.45, 2.75) is 31.7 Å². The van der Waals surface area contributed by atoms with Crippen LogP contribution in [0.5, 0.6) is 0 Å². The zero-order chi connectivity index (χ0) is 18.8. The van der Waals surface area contributed by atoms with E-state index < -0.39 is 5.91 Å². The predicted molar refractivity (Wildman–Crippen MR) is 107 cm³/mol. The summed E-state index contributed by atoms with van der Waals surface area (Å²) in [5.41, 5.74) is 15.6. The Morgan fingerprint density at radius 3 is 2.85 bits per heavy atom. The zero-order valence-corrected chi connectivity index (χ0v) is 15.7. The quantitative estimate of drug-likeness (QED) is 0.772. The van der Waals surface area contributed by atoms with Gasteiger partial charge in [-0.3, -0.25) is 15.6 Å². The minimum atomic E-state index is -0.418. The summed E-state index contributed by atoms with van der Waals surface area (Å²) in [5.74, 6) is 1.21. The molecule has 6 nitrogen and oxygen atoms in total. The monoisotopic (exact) mass is 365 g/mol. The maximum Gasteiger partial charge on any atom is 0.252 e. The lowest BCUT2D eigenvalue weighted by atomic mass is 9.81. The van der Waals surface area contributed by atoms with Crippen molar-refractivity contribution in [3.63, 3.8) is 0 Å². The summed E-state index contributed by atoms with van der Waals surface area (Å²) < 4.78 is 0. The molecule has 1 aromatic carbocycles. The molecule has 4 rings (SSSR count). The van der Waals surface area contributed by atoms with Gasteiger partial charge in [-0.15, -0.1) is 0 Å². The fraction of sp³-hybridized carbons (Fsp3) is 0.429. The third-order valence-corrected chi connectivity index (χ3v) is 5.85. The second kappa shape index (κ2) is 7.66. The number of nitrogens with zero attached hydrogens (tertiary/aromatic N) is 2. The number of carbonyl (C=O) groups excluding carboxylic acids is 1. The van der Waals surface area contributed by atoms with Gasteiger partial charge in [-0.2, -0.15) is 0 Å². The van der Waals surface area contributed by atoms with Crippen molar-refractivity contribution in [1.29, 1.82) is 0 Å². The molecule has 0 bridgehead atoms. The molecule has 142 valence electrons. The highest BCUT2D eigenvalue weighted by molar-refractivity contribution is 5.97. The minimum Gasteiger partial charge on any atom is -0.365 e. The summed E-state index contributed by atoms with van der Waals surface area (Å²) in [6.07, 6.45) is 3.98. The van der Waals surface area contributed by atoms with Gasteiger partial charge in [0.15, 0.2) is 0 Å². The molecule has 2 aromatic rings. The van der Waals surface area contributed by atoms with Gasteiger partial charge in [-0.05, 0) is 43.4 Å².